The molecule has 0 aliphatic heterocycles. The zero-order valence-corrected chi connectivity index (χ0v) is 9.32. The summed E-state index contributed by atoms with van der Waals surface area (Å²) in [6.45, 7) is 0.451. The lowest BCUT2D eigenvalue weighted by Crippen LogP contribution is -1.96. The van der Waals surface area contributed by atoms with Crippen molar-refractivity contribution in [3.63, 3.8) is 0 Å². The van der Waals surface area contributed by atoms with Crippen molar-refractivity contribution in [2.75, 3.05) is 5.73 Å². The number of nitrogen functional groups attached to an aromatic ring is 1. The molecule has 0 fully saturated rings. The molecule has 0 unspecified atom stereocenters. The number of benzene rings is 1. The number of hydrogen-bond donors (Lipinski definition) is 1. The highest BCUT2D eigenvalue weighted by Gasteiger charge is 1.98. The highest BCUT2D eigenvalue weighted by atomic mass is 35.5. The molecule has 0 spiro atoms. The third-order valence-electron chi connectivity index (χ3n) is 2.04. The van der Waals surface area contributed by atoms with Crippen molar-refractivity contribution < 1.29 is 4.74 Å². The quantitative estimate of drug-likeness (QED) is 0.831. The van der Waals surface area contributed by atoms with Gasteiger partial charge in [-0.05, 0) is 17.7 Å². The molecule has 0 radical (unpaired) electrons. The van der Waals surface area contributed by atoms with Crippen molar-refractivity contribution in [3.8, 4) is 5.75 Å². The first-order valence-electron chi connectivity index (χ1n) is 4.82. The molecule has 1 heterocycles. The SMILES string of the molecule is Nc1cccc(COc2cncc(Cl)c2)c1. The summed E-state index contributed by atoms with van der Waals surface area (Å²) in [5.41, 5.74) is 7.40. The van der Waals surface area contributed by atoms with Crippen molar-refractivity contribution >= 4 is 17.3 Å². The van der Waals surface area contributed by atoms with E-state index in [0.717, 1.165) is 11.3 Å². The van der Waals surface area contributed by atoms with Gasteiger partial charge in [0.25, 0.3) is 0 Å². The predicted octanol–water partition coefficient (Wildman–Crippen LogP) is 2.90. The van der Waals surface area contributed by atoms with E-state index < -0.39 is 0 Å². The zero-order chi connectivity index (χ0) is 11.4. The Morgan fingerprint density at radius 1 is 1.25 bits per heavy atom. The van der Waals surface area contributed by atoms with Crippen molar-refractivity contribution in [1.82, 2.24) is 4.98 Å². The average molecular weight is 235 g/mol. The number of nitrogens with two attached hydrogens (primary N) is 1. The van der Waals surface area contributed by atoms with E-state index in [1.165, 1.54) is 0 Å². The second-order valence-electron chi connectivity index (χ2n) is 3.37. The molecule has 2 aromatic rings. The number of anilines is 1. The summed E-state index contributed by atoms with van der Waals surface area (Å²) in [5.74, 6) is 0.648. The lowest BCUT2D eigenvalue weighted by atomic mass is 10.2. The Morgan fingerprint density at radius 3 is 2.88 bits per heavy atom. The van der Waals surface area contributed by atoms with E-state index in [0.29, 0.717) is 17.4 Å². The first kappa shape index (κ1) is 10.8. The van der Waals surface area contributed by atoms with Gasteiger partial charge in [-0.1, -0.05) is 23.7 Å². The topological polar surface area (TPSA) is 48.1 Å². The van der Waals surface area contributed by atoms with Crippen molar-refractivity contribution in [3.05, 3.63) is 53.3 Å². The van der Waals surface area contributed by atoms with Crippen LogP contribution in [0.1, 0.15) is 5.56 Å². The minimum Gasteiger partial charge on any atom is -0.487 e. The Labute approximate surface area is 98.8 Å². The molecule has 1 aromatic heterocycles. The molecular weight excluding hydrogens is 224 g/mol. The summed E-state index contributed by atoms with van der Waals surface area (Å²) in [5, 5.41) is 0.560. The van der Waals surface area contributed by atoms with E-state index in [1.807, 2.05) is 24.3 Å². The largest absolute Gasteiger partial charge is 0.487 e. The van der Waals surface area contributed by atoms with Crippen LogP contribution < -0.4 is 10.5 Å². The minimum atomic E-state index is 0.451. The van der Waals surface area contributed by atoms with E-state index in [2.05, 4.69) is 4.98 Å². The van der Waals surface area contributed by atoms with Gasteiger partial charge in [0.05, 0.1) is 11.2 Å². The molecule has 0 atom stereocenters. The predicted molar refractivity (Wildman–Crippen MR) is 64.4 cm³/mol. The van der Waals surface area contributed by atoms with Gasteiger partial charge < -0.3 is 10.5 Å². The van der Waals surface area contributed by atoms with Gasteiger partial charge in [0.1, 0.15) is 12.4 Å². The Balaban J connectivity index is 2.02. The van der Waals surface area contributed by atoms with Gasteiger partial charge in [-0.15, -0.1) is 0 Å². The van der Waals surface area contributed by atoms with Crippen LogP contribution in [0.4, 0.5) is 5.69 Å². The van der Waals surface area contributed by atoms with Crippen LogP contribution >= 0.6 is 11.6 Å². The van der Waals surface area contributed by atoms with E-state index in [9.17, 15) is 0 Å². The van der Waals surface area contributed by atoms with Gasteiger partial charge in [-0.3, -0.25) is 4.98 Å². The van der Waals surface area contributed by atoms with Gasteiger partial charge >= 0.3 is 0 Å². The molecule has 0 amide bonds. The summed E-state index contributed by atoms with van der Waals surface area (Å²) >= 11 is 5.79. The molecule has 0 aliphatic carbocycles. The van der Waals surface area contributed by atoms with E-state index in [4.69, 9.17) is 22.1 Å². The minimum absolute atomic E-state index is 0.451. The maximum absolute atomic E-state index is 5.79. The Kier molecular flexibility index (Phi) is 3.27. The average Bonchev–Trinajstić information content (AvgIpc) is 2.27. The molecular formula is C12H11ClN2O. The third-order valence-corrected chi connectivity index (χ3v) is 2.24. The molecule has 1 aromatic carbocycles. The highest BCUT2D eigenvalue weighted by molar-refractivity contribution is 6.30. The molecule has 0 aliphatic rings. The van der Waals surface area contributed by atoms with Crippen LogP contribution in [0, 0.1) is 0 Å². The number of rotatable bonds is 3. The molecule has 3 nitrogen and oxygen atoms in total. The zero-order valence-electron chi connectivity index (χ0n) is 8.56. The van der Waals surface area contributed by atoms with E-state index >= 15 is 0 Å². The van der Waals surface area contributed by atoms with E-state index in [-0.39, 0.29) is 0 Å². The number of hydrogen-bond acceptors (Lipinski definition) is 3. The molecule has 82 valence electrons. The van der Waals surface area contributed by atoms with Crippen LogP contribution in [-0.4, -0.2) is 4.98 Å². The fourth-order valence-corrected chi connectivity index (χ4v) is 1.48. The molecule has 0 saturated heterocycles. The van der Waals surface area contributed by atoms with Crippen LogP contribution in [0.3, 0.4) is 0 Å². The number of aromatic nitrogens is 1. The number of halogens is 1. The first-order chi connectivity index (χ1) is 7.74. The molecule has 2 N–H and O–H groups in total. The van der Waals surface area contributed by atoms with Crippen LogP contribution in [0.25, 0.3) is 0 Å². The van der Waals surface area contributed by atoms with Crippen LogP contribution in [0.15, 0.2) is 42.7 Å². The monoisotopic (exact) mass is 234 g/mol. The summed E-state index contributed by atoms with van der Waals surface area (Å²) < 4.78 is 5.53. The summed E-state index contributed by atoms with van der Waals surface area (Å²) in [6.07, 6.45) is 3.19. The Hall–Kier alpha value is -1.74. The maximum atomic E-state index is 5.79. The van der Waals surface area contributed by atoms with Crippen molar-refractivity contribution in [1.29, 1.82) is 0 Å². The van der Waals surface area contributed by atoms with Crippen molar-refractivity contribution in [2.24, 2.45) is 0 Å². The number of ether oxygens (including phenoxy) is 1. The fraction of sp³-hybridized carbons (Fsp3) is 0.0833. The number of nitrogens with zero attached hydrogens (tertiary/aromatic N) is 1. The van der Waals surface area contributed by atoms with E-state index in [1.54, 1.807) is 18.5 Å². The first-order valence-corrected chi connectivity index (χ1v) is 5.19. The summed E-state index contributed by atoms with van der Waals surface area (Å²) in [7, 11) is 0. The fourth-order valence-electron chi connectivity index (χ4n) is 1.32. The van der Waals surface area contributed by atoms with Gasteiger partial charge in [0, 0.05) is 18.0 Å². The summed E-state index contributed by atoms with van der Waals surface area (Å²) in [4.78, 5) is 3.93. The van der Waals surface area contributed by atoms with Crippen LogP contribution in [-0.2, 0) is 6.61 Å². The molecule has 16 heavy (non-hydrogen) atoms. The lowest BCUT2D eigenvalue weighted by Gasteiger charge is -2.06. The van der Waals surface area contributed by atoms with Crippen LogP contribution in [0.5, 0.6) is 5.75 Å². The smallest absolute Gasteiger partial charge is 0.139 e. The van der Waals surface area contributed by atoms with Gasteiger partial charge in [0.15, 0.2) is 0 Å². The summed E-state index contributed by atoms with van der Waals surface area (Å²) in [6, 6.07) is 9.28. The third kappa shape index (κ3) is 2.87. The van der Waals surface area contributed by atoms with Crippen LogP contribution in [0.2, 0.25) is 5.02 Å². The van der Waals surface area contributed by atoms with Gasteiger partial charge in [-0.2, -0.15) is 0 Å². The second-order valence-corrected chi connectivity index (χ2v) is 3.81. The normalized spacial score (nSPS) is 10.1. The standard InChI is InChI=1S/C12H11ClN2O/c13-10-5-12(7-15-6-10)16-8-9-2-1-3-11(14)4-9/h1-7H,8,14H2. The Morgan fingerprint density at radius 2 is 2.12 bits per heavy atom. The lowest BCUT2D eigenvalue weighted by molar-refractivity contribution is 0.305. The molecule has 0 saturated carbocycles. The van der Waals surface area contributed by atoms with Gasteiger partial charge in [0.2, 0.25) is 0 Å². The Bertz CT molecular complexity index is 442. The maximum Gasteiger partial charge on any atom is 0.139 e. The van der Waals surface area contributed by atoms with Crippen molar-refractivity contribution in [2.45, 2.75) is 6.61 Å². The highest BCUT2D eigenvalue weighted by Crippen LogP contribution is 2.17. The molecule has 0 bridgehead atoms. The molecule has 2 rings (SSSR count). The molecule has 4 heteroatoms. The second kappa shape index (κ2) is 4.86. The van der Waals surface area contributed by atoms with Gasteiger partial charge in [-0.25, -0.2) is 0 Å². The number of pyridine rings is 1.